The summed E-state index contributed by atoms with van der Waals surface area (Å²) < 4.78 is 38.6. The number of pyridine rings is 1. The van der Waals surface area contributed by atoms with E-state index in [1.807, 2.05) is 4.98 Å². The highest BCUT2D eigenvalue weighted by molar-refractivity contribution is 14.1. The van der Waals surface area contributed by atoms with Crippen LogP contribution >= 0.6 is 22.6 Å². The van der Waals surface area contributed by atoms with Gasteiger partial charge >= 0.3 is 12.0 Å². The van der Waals surface area contributed by atoms with E-state index in [4.69, 9.17) is 0 Å². The molecule has 16 heavy (non-hydrogen) atoms. The van der Waals surface area contributed by atoms with Gasteiger partial charge in [0.1, 0.15) is 0 Å². The second-order valence-corrected chi connectivity index (χ2v) is 3.53. The van der Waals surface area contributed by atoms with E-state index in [2.05, 4.69) is 4.74 Å². The number of rotatable bonds is 2. The van der Waals surface area contributed by atoms with Gasteiger partial charge in [-0.1, -0.05) is 0 Å². The lowest BCUT2D eigenvalue weighted by atomic mass is 10.4. The fourth-order valence-electron chi connectivity index (χ4n) is 0.851. The third kappa shape index (κ3) is 2.84. The quantitative estimate of drug-likeness (QED) is 0.501. The van der Waals surface area contributed by atoms with Crippen LogP contribution < -0.4 is 10.3 Å². The first-order chi connectivity index (χ1) is 7.22. The number of alkyl halides is 3. The number of aromatic amines is 1. The van der Waals surface area contributed by atoms with E-state index < -0.39 is 31.9 Å². The van der Waals surface area contributed by atoms with Gasteiger partial charge in [0.2, 0.25) is 5.75 Å². The Hall–Kier alpha value is -1.33. The first kappa shape index (κ1) is 12.7. The van der Waals surface area contributed by atoms with Gasteiger partial charge in [-0.15, -0.1) is 13.2 Å². The molecule has 0 atom stereocenters. The van der Waals surface area contributed by atoms with Crippen molar-refractivity contribution in [3.05, 3.63) is 30.2 Å². The van der Waals surface area contributed by atoms with Crippen LogP contribution in [-0.2, 0) is 0 Å². The highest BCUT2D eigenvalue weighted by atomic mass is 127. The van der Waals surface area contributed by atoms with Crippen LogP contribution in [-0.4, -0.2) is 16.3 Å². The van der Waals surface area contributed by atoms with Crippen LogP contribution in [0.4, 0.5) is 18.9 Å². The lowest BCUT2D eigenvalue weighted by Gasteiger charge is -2.08. The summed E-state index contributed by atoms with van der Waals surface area (Å²) in [6, 6.07) is 0. The molecule has 1 rings (SSSR count). The number of nitro groups is 1. The Morgan fingerprint density at radius 2 is 2.06 bits per heavy atom. The smallest absolute Gasteiger partial charge is 0.397 e. The van der Waals surface area contributed by atoms with Gasteiger partial charge < -0.3 is 9.72 Å². The topological polar surface area (TPSA) is 85.2 Å². The van der Waals surface area contributed by atoms with E-state index in [-0.39, 0.29) is 0 Å². The number of hydrogen-bond donors (Lipinski definition) is 1. The minimum absolute atomic E-state index is 0.482. The molecule has 0 bridgehead atoms. The van der Waals surface area contributed by atoms with Gasteiger partial charge in [-0.25, -0.2) is 0 Å². The molecule has 0 radical (unpaired) electrons. The normalized spacial score (nSPS) is 11.2. The summed E-state index contributed by atoms with van der Waals surface area (Å²) >= 11 is 1.26. The molecule has 10 heteroatoms. The van der Waals surface area contributed by atoms with Crippen LogP contribution in [0.1, 0.15) is 0 Å². The molecular formula is C6H2F3IN2O4. The van der Waals surface area contributed by atoms with E-state index in [0.717, 1.165) is 0 Å². The number of halogens is 4. The molecule has 1 aromatic rings. The molecule has 0 aliphatic rings. The van der Waals surface area contributed by atoms with Crippen molar-refractivity contribution in [2.24, 2.45) is 0 Å². The Balaban J connectivity index is 3.35. The molecular weight excluding hydrogens is 348 g/mol. The molecule has 0 aliphatic carbocycles. The van der Waals surface area contributed by atoms with Crippen molar-refractivity contribution in [1.29, 1.82) is 0 Å². The number of nitrogens with one attached hydrogen (secondary N) is 1. The summed E-state index contributed by atoms with van der Waals surface area (Å²) in [5.41, 5.74) is -1.87. The summed E-state index contributed by atoms with van der Waals surface area (Å²) in [5.74, 6) is -1.05. The van der Waals surface area contributed by atoms with Crippen molar-refractivity contribution in [3.63, 3.8) is 0 Å². The minimum Gasteiger partial charge on any atom is -0.397 e. The van der Waals surface area contributed by atoms with Crippen LogP contribution in [0, 0.1) is 13.7 Å². The van der Waals surface area contributed by atoms with Crippen molar-refractivity contribution in [1.82, 2.24) is 4.98 Å². The van der Waals surface area contributed by atoms with Gasteiger partial charge in [0.15, 0.2) is 3.57 Å². The van der Waals surface area contributed by atoms with Crippen LogP contribution in [0.2, 0.25) is 0 Å². The minimum atomic E-state index is -5.06. The molecule has 88 valence electrons. The molecule has 1 N–H and O–H groups in total. The van der Waals surface area contributed by atoms with Crippen LogP contribution in [0.5, 0.6) is 5.75 Å². The third-order valence-corrected chi connectivity index (χ3v) is 2.38. The summed E-state index contributed by atoms with van der Waals surface area (Å²) in [5, 5.41) is 10.5. The van der Waals surface area contributed by atoms with Crippen molar-refractivity contribution < 1.29 is 22.8 Å². The SMILES string of the molecule is O=c1[nH]cc(OC(F)(F)F)c([N+](=O)[O-])c1I. The second-order valence-electron chi connectivity index (χ2n) is 2.45. The van der Waals surface area contributed by atoms with E-state index in [1.165, 1.54) is 22.6 Å². The van der Waals surface area contributed by atoms with E-state index >= 15 is 0 Å². The maximum atomic E-state index is 11.9. The van der Waals surface area contributed by atoms with Crippen LogP contribution in [0.25, 0.3) is 0 Å². The third-order valence-electron chi connectivity index (χ3n) is 1.38. The van der Waals surface area contributed by atoms with Gasteiger partial charge in [-0.3, -0.25) is 14.9 Å². The summed E-state index contributed by atoms with van der Waals surface area (Å²) in [7, 11) is 0. The van der Waals surface area contributed by atoms with Gasteiger partial charge in [-0.05, 0) is 22.6 Å². The summed E-state index contributed by atoms with van der Waals surface area (Å²) in [4.78, 5) is 22.2. The van der Waals surface area contributed by atoms with Crippen LogP contribution in [0.3, 0.4) is 0 Å². The zero-order valence-corrected chi connectivity index (χ0v) is 9.33. The number of H-pyrrole nitrogens is 1. The Kier molecular flexibility index (Phi) is 3.40. The lowest BCUT2D eigenvalue weighted by Crippen LogP contribution is -2.20. The van der Waals surface area contributed by atoms with Crippen molar-refractivity contribution in [2.45, 2.75) is 6.36 Å². The van der Waals surface area contributed by atoms with Gasteiger partial charge in [0, 0.05) is 0 Å². The first-order valence-electron chi connectivity index (χ1n) is 3.53. The lowest BCUT2D eigenvalue weighted by molar-refractivity contribution is -0.389. The van der Waals surface area contributed by atoms with Gasteiger partial charge in [0.05, 0.1) is 11.1 Å². The summed E-state index contributed by atoms with van der Waals surface area (Å²) in [6.45, 7) is 0. The Morgan fingerprint density at radius 3 is 2.50 bits per heavy atom. The molecule has 0 amide bonds. The average Bonchev–Trinajstić information content (AvgIpc) is 2.08. The van der Waals surface area contributed by atoms with Gasteiger partial charge in [-0.2, -0.15) is 0 Å². The molecule has 1 aromatic heterocycles. The number of hydrogen-bond acceptors (Lipinski definition) is 4. The monoisotopic (exact) mass is 350 g/mol. The van der Waals surface area contributed by atoms with Crippen molar-refractivity contribution in [3.8, 4) is 5.75 Å². The molecule has 0 unspecified atom stereocenters. The maximum absolute atomic E-state index is 11.9. The zero-order chi connectivity index (χ0) is 12.5. The Bertz CT molecular complexity index is 484. The predicted molar refractivity (Wildman–Crippen MR) is 53.1 cm³/mol. The first-order valence-corrected chi connectivity index (χ1v) is 4.61. The van der Waals surface area contributed by atoms with Gasteiger partial charge in [0.25, 0.3) is 5.56 Å². The Morgan fingerprint density at radius 1 is 1.50 bits per heavy atom. The molecule has 0 saturated heterocycles. The van der Waals surface area contributed by atoms with E-state index in [9.17, 15) is 28.1 Å². The fraction of sp³-hybridized carbons (Fsp3) is 0.167. The van der Waals surface area contributed by atoms with E-state index in [1.54, 1.807) is 0 Å². The predicted octanol–water partition coefficient (Wildman–Crippen LogP) is 1.79. The molecule has 0 fully saturated rings. The fourth-order valence-corrected chi connectivity index (χ4v) is 1.47. The number of aromatic nitrogens is 1. The Labute approximate surface area is 98.7 Å². The average molecular weight is 350 g/mol. The maximum Gasteiger partial charge on any atom is 0.573 e. The number of ether oxygens (including phenoxy) is 1. The van der Waals surface area contributed by atoms with E-state index in [0.29, 0.717) is 6.20 Å². The standard InChI is InChI=1S/C6H2F3IN2O4/c7-6(8,9)16-2-1-11-5(13)3(10)4(2)12(14)15/h1H,(H,11,13). The highest BCUT2D eigenvalue weighted by Gasteiger charge is 2.36. The van der Waals surface area contributed by atoms with Crippen molar-refractivity contribution >= 4 is 28.3 Å². The number of nitrogens with zero attached hydrogens (tertiary/aromatic N) is 1. The highest BCUT2D eigenvalue weighted by Crippen LogP contribution is 2.32. The molecule has 1 heterocycles. The molecule has 0 saturated carbocycles. The zero-order valence-electron chi connectivity index (χ0n) is 7.17. The molecule has 6 nitrogen and oxygen atoms in total. The second kappa shape index (κ2) is 4.27. The largest absolute Gasteiger partial charge is 0.573 e. The molecule has 0 aromatic carbocycles. The summed E-state index contributed by atoms with van der Waals surface area (Å²) in [6.07, 6.45) is -4.57. The molecule has 0 spiro atoms. The van der Waals surface area contributed by atoms with Crippen LogP contribution in [0.15, 0.2) is 11.0 Å². The van der Waals surface area contributed by atoms with Crippen molar-refractivity contribution in [2.75, 3.05) is 0 Å². The molecule has 0 aliphatic heterocycles.